The molecule has 0 unspecified atom stereocenters. The summed E-state index contributed by atoms with van der Waals surface area (Å²) in [5.74, 6) is -1.66. The van der Waals surface area contributed by atoms with Gasteiger partial charge < -0.3 is 11.3 Å². The summed E-state index contributed by atoms with van der Waals surface area (Å²) in [6, 6.07) is 10.5. The molecule has 0 aliphatic carbocycles. The number of carbonyl (C=O) groups excluding carboxylic acids is 1. The van der Waals surface area contributed by atoms with Gasteiger partial charge in [-0.1, -0.05) is 30.3 Å². The van der Waals surface area contributed by atoms with E-state index in [2.05, 4.69) is 0 Å². The molecule has 22 heavy (non-hydrogen) atoms. The molecule has 0 fully saturated rings. The molecule has 0 aliphatic rings. The molecule has 0 saturated carbocycles. The zero-order valence-electron chi connectivity index (χ0n) is 13.0. The first kappa shape index (κ1) is 18.7. The molecule has 0 spiro atoms. The van der Waals surface area contributed by atoms with Crippen LogP contribution in [0.3, 0.4) is 0 Å². The van der Waals surface area contributed by atoms with Crippen LogP contribution in [0.4, 0.5) is 0 Å². The molecule has 6 nitrogen and oxygen atoms in total. The van der Waals surface area contributed by atoms with Crippen molar-refractivity contribution < 1.29 is 58.6 Å². The second kappa shape index (κ2) is 7.26. The maximum atomic E-state index is 12.3. The average Bonchev–Trinajstić information content (AvgIpc) is 2.45. The van der Waals surface area contributed by atoms with Crippen LogP contribution in [0.25, 0.3) is 0 Å². The summed E-state index contributed by atoms with van der Waals surface area (Å²) in [5, 5.41) is 10.0. The Balaban J connectivity index is 0.00000242. The van der Waals surface area contributed by atoms with Crippen molar-refractivity contribution in [3.8, 4) is 11.5 Å². The number of phenols is 1. The van der Waals surface area contributed by atoms with Crippen molar-refractivity contribution in [2.45, 2.75) is 4.90 Å². The van der Waals surface area contributed by atoms with Gasteiger partial charge in [0.1, 0.15) is 5.75 Å². The quantitative estimate of drug-likeness (QED) is 0.423. The van der Waals surface area contributed by atoms with Crippen LogP contribution in [0.15, 0.2) is 47.4 Å². The summed E-state index contributed by atoms with van der Waals surface area (Å²) < 4.78 is 36.7. The molecule has 112 valence electrons. The van der Waals surface area contributed by atoms with E-state index in [4.69, 9.17) is 4.74 Å². The van der Waals surface area contributed by atoms with Crippen molar-refractivity contribution in [1.82, 2.24) is 0 Å². The van der Waals surface area contributed by atoms with Crippen molar-refractivity contribution in [3.63, 3.8) is 0 Å². The van der Waals surface area contributed by atoms with Gasteiger partial charge in [0.05, 0.1) is 12.7 Å². The van der Waals surface area contributed by atoms with E-state index in [-0.39, 0.29) is 47.9 Å². The Labute approximate surface area is 151 Å². The Kier molecular flexibility index (Phi) is 6.16. The van der Waals surface area contributed by atoms with Crippen molar-refractivity contribution in [3.05, 3.63) is 53.6 Å². The van der Waals surface area contributed by atoms with Crippen LogP contribution in [-0.4, -0.2) is 31.0 Å². The summed E-state index contributed by atoms with van der Waals surface area (Å²) in [7, 11) is -3.56. The number of hydrogen-bond acceptors (Lipinski definition) is 5. The van der Waals surface area contributed by atoms with E-state index in [0.29, 0.717) is 0 Å². The molecule has 0 bridgehead atoms. The molecule has 2 rings (SSSR count). The van der Waals surface area contributed by atoms with E-state index in [9.17, 15) is 22.9 Å². The number of ether oxygens (including phenoxy) is 1. The Morgan fingerprint density at radius 2 is 1.73 bits per heavy atom. The molecular weight excluding hydrogens is 319 g/mol. The average molecular weight is 332 g/mol. The molecule has 2 N–H and O–H groups in total. The van der Waals surface area contributed by atoms with Crippen molar-refractivity contribution in [2.24, 2.45) is 0 Å². The van der Waals surface area contributed by atoms with E-state index in [0.717, 1.165) is 0 Å². The number of benzene rings is 2. The molecule has 0 heterocycles. The summed E-state index contributed by atoms with van der Waals surface area (Å²) in [6.45, 7) is 0. The fourth-order valence-corrected chi connectivity index (χ4v) is 2.65. The summed E-state index contributed by atoms with van der Waals surface area (Å²) in [4.78, 5) is 11.4. The van der Waals surface area contributed by atoms with Gasteiger partial charge in [-0.2, -0.15) is 8.42 Å². The number of hydrogen-bond donors (Lipinski definition) is 2. The largest absolute Gasteiger partial charge is 1.00 e. The third-order valence-electron chi connectivity index (χ3n) is 2.85. The van der Waals surface area contributed by atoms with Crippen molar-refractivity contribution >= 4 is 15.9 Å². The summed E-state index contributed by atoms with van der Waals surface area (Å²) in [5.41, 5.74) is 0.0360. The molecule has 0 saturated heterocycles. The number of methoxy groups -OCH3 is 1. The van der Waals surface area contributed by atoms with Crippen LogP contribution in [0, 0.1) is 0 Å². The normalized spacial score (nSPS) is 10.6. The molecule has 0 aliphatic heterocycles. The molecule has 0 aromatic heterocycles. The van der Waals surface area contributed by atoms with Gasteiger partial charge in [-0.3, -0.25) is 9.35 Å². The van der Waals surface area contributed by atoms with Gasteiger partial charge in [0, 0.05) is 5.56 Å². The van der Waals surface area contributed by atoms with Crippen LogP contribution >= 0.6 is 0 Å². The summed E-state index contributed by atoms with van der Waals surface area (Å²) in [6.07, 6.45) is 0. The van der Waals surface area contributed by atoms with E-state index in [1.54, 1.807) is 18.2 Å². The minimum absolute atomic E-state index is 0. The van der Waals surface area contributed by atoms with Gasteiger partial charge in [-0.25, -0.2) is 0 Å². The van der Waals surface area contributed by atoms with E-state index in [1.807, 2.05) is 0 Å². The van der Waals surface area contributed by atoms with Crippen molar-refractivity contribution in [1.29, 1.82) is 0 Å². The molecule has 0 amide bonds. The second-order valence-electron chi connectivity index (χ2n) is 4.16. The second-order valence-corrected chi connectivity index (χ2v) is 5.52. The molecule has 2 aromatic carbocycles. The SMILES string of the molecule is COc1ccc(C(=O)c2ccccc2)c(O)c1S(=O)(=O)O.[H-].[Na+]. The maximum Gasteiger partial charge on any atom is 1.00 e. The topological polar surface area (TPSA) is 101 Å². The van der Waals surface area contributed by atoms with Gasteiger partial charge in [-0.15, -0.1) is 0 Å². The number of aromatic hydroxyl groups is 1. The van der Waals surface area contributed by atoms with Gasteiger partial charge in [0.2, 0.25) is 0 Å². The first-order valence-electron chi connectivity index (χ1n) is 5.83. The molecular formula is C14H13NaO6S. The van der Waals surface area contributed by atoms with E-state index >= 15 is 0 Å². The monoisotopic (exact) mass is 332 g/mol. The molecule has 8 heteroatoms. The smallest absolute Gasteiger partial charge is 1.00 e. The Morgan fingerprint density at radius 1 is 1.14 bits per heavy atom. The third-order valence-corrected chi connectivity index (χ3v) is 3.76. The zero-order valence-corrected chi connectivity index (χ0v) is 14.8. The van der Waals surface area contributed by atoms with E-state index < -0.39 is 26.5 Å². The van der Waals surface area contributed by atoms with Crippen LogP contribution < -0.4 is 34.3 Å². The van der Waals surface area contributed by atoms with Crippen molar-refractivity contribution in [2.75, 3.05) is 7.11 Å². The number of phenolic OH excluding ortho intramolecular Hbond substituents is 1. The minimum Gasteiger partial charge on any atom is -1.00 e. The third kappa shape index (κ3) is 3.68. The first-order chi connectivity index (χ1) is 9.86. The predicted octanol–water partition coefficient (Wildman–Crippen LogP) is -1.00. The number of ketones is 1. The molecule has 0 atom stereocenters. The first-order valence-corrected chi connectivity index (χ1v) is 7.27. The summed E-state index contributed by atoms with van der Waals surface area (Å²) >= 11 is 0. The van der Waals surface area contributed by atoms with Gasteiger partial charge in [0.25, 0.3) is 0 Å². The Hall–Kier alpha value is -1.38. The van der Waals surface area contributed by atoms with Crippen LogP contribution in [0.5, 0.6) is 11.5 Å². The number of rotatable bonds is 4. The Bertz CT molecular complexity index is 792. The predicted molar refractivity (Wildman–Crippen MR) is 75.5 cm³/mol. The minimum atomic E-state index is -4.74. The standard InChI is InChI=1S/C14H12O6S.Na.H/c1-20-11-8-7-10(13(16)14(11)21(17,18)19)12(15)9-5-3-2-4-6-9;;/h2-8,16H,1H3,(H,17,18,19);;/q;+1;-1. The fourth-order valence-electron chi connectivity index (χ4n) is 1.89. The molecule has 2 aromatic rings. The van der Waals surface area contributed by atoms with Crippen LogP contribution in [0.2, 0.25) is 0 Å². The van der Waals surface area contributed by atoms with Gasteiger partial charge in [0.15, 0.2) is 16.4 Å². The number of carbonyl (C=O) groups is 1. The van der Waals surface area contributed by atoms with Gasteiger partial charge >= 0.3 is 39.7 Å². The Morgan fingerprint density at radius 3 is 2.23 bits per heavy atom. The van der Waals surface area contributed by atoms with Crippen LogP contribution in [0.1, 0.15) is 17.3 Å². The molecule has 0 radical (unpaired) electrons. The zero-order chi connectivity index (χ0) is 15.6. The maximum absolute atomic E-state index is 12.3. The van der Waals surface area contributed by atoms with E-state index in [1.165, 1.54) is 31.4 Å². The fraction of sp³-hybridized carbons (Fsp3) is 0.0714. The van der Waals surface area contributed by atoms with Gasteiger partial charge in [-0.05, 0) is 12.1 Å². The van der Waals surface area contributed by atoms with Crippen LogP contribution in [-0.2, 0) is 10.1 Å².